The molecule has 0 atom stereocenters. The third-order valence-corrected chi connectivity index (χ3v) is 4.40. The first kappa shape index (κ1) is 13.7. The van der Waals surface area contributed by atoms with Gasteiger partial charge in [-0.3, -0.25) is 4.79 Å². The first-order chi connectivity index (χ1) is 10.0. The van der Waals surface area contributed by atoms with Gasteiger partial charge in [0.1, 0.15) is 0 Å². The predicted octanol–water partition coefficient (Wildman–Crippen LogP) is 3.27. The fourth-order valence-corrected chi connectivity index (χ4v) is 2.92. The van der Waals surface area contributed by atoms with Crippen molar-refractivity contribution in [2.24, 2.45) is 0 Å². The first-order valence-electron chi connectivity index (χ1n) is 7.24. The first-order valence-corrected chi connectivity index (χ1v) is 7.24. The summed E-state index contributed by atoms with van der Waals surface area (Å²) in [7, 11) is 1.86. The van der Waals surface area contributed by atoms with Crippen molar-refractivity contribution in [3.8, 4) is 0 Å². The van der Waals surface area contributed by atoms with Gasteiger partial charge >= 0.3 is 0 Å². The zero-order chi connectivity index (χ0) is 15.0. The van der Waals surface area contributed by atoms with E-state index in [2.05, 4.69) is 0 Å². The van der Waals surface area contributed by atoms with E-state index in [9.17, 15) is 4.79 Å². The van der Waals surface area contributed by atoms with E-state index < -0.39 is 0 Å². The van der Waals surface area contributed by atoms with E-state index in [-0.39, 0.29) is 11.3 Å². The molecule has 3 rings (SSSR count). The van der Waals surface area contributed by atoms with Crippen LogP contribution in [0.4, 0.5) is 11.4 Å². The van der Waals surface area contributed by atoms with Crippen molar-refractivity contribution in [3.63, 3.8) is 0 Å². The predicted molar refractivity (Wildman–Crippen MR) is 86.4 cm³/mol. The van der Waals surface area contributed by atoms with Crippen molar-refractivity contribution in [1.82, 2.24) is 0 Å². The second kappa shape index (κ2) is 4.92. The summed E-state index contributed by atoms with van der Waals surface area (Å²) in [6.07, 6.45) is 1.82. The van der Waals surface area contributed by atoms with E-state index in [4.69, 9.17) is 5.73 Å². The molecule has 1 aliphatic carbocycles. The van der Waals surface area contributed by atoms with Crippen LogP contribution < -0.4 is 10.6 Å². The molecule has 0 unspecified atom stereocenters. The number of carbonyl (C=O) groups is 1. The summed E-state index contributed by atoms with van der Waals surface area (Å²) in [6, 6.07) is 15.7. The monoisotopic (exact) mass is 280 g/mol. The lowest BCUT2D eigenvalue weighted by Crippen LogP contribution is -2.37. The summed E-state index contributed by atoms with van der Waals surface area (Å²) in [5, 5.41) is 0. The molecule has 0 radical (unpaired) electrons. The Bertz CT molecular complexity index is 672. The van der Waals surface area contributed by atoms with Gasteiger partial charge in [0.25, 0.3) is 0 Å². The number of carbonyl (C=O) groups excluding carboxylic acids is 1. The molecule has 3 nitrogen and oxygen atoms in total. The Hall–Kier alpha value is -2.29. The van der Waals surface area contributed by atoms with Gasteiger partial charge in [0.15, 0.2) is 0 Å². The minimum Gasteiger partial charge on any atom is -0.399 e. The Balaban J connectivity index is 1.91. The zero-order valence-electron chi connectivity index (χ0n) is 12.5. The molecule has 21 heavy (non-hydrogen) atoms. The third kappa shape index (κ3) is 2.29. The summed E-state index contributed by atoms with van der Waals surface area (Å²) in [6.45, 7) is 2.03. The molecule has 1 amide bonds. The van der Waals surface area contributed by atoms with Crippen LogP contribution in [0, 0.1) is 6.92 Å². The van der Waals surface area contributed by atoms with Crippen LogP contribution in [0.5, 0.6) is 0 Å². The van der Waals surface area contributed by atoms with E-state index in [1.54, 1.807) is 4.90 Å². The van der Waals surface area contributed by atoms with Crippen molar-refractivity contribution in [3.05, 3.63) is 59.7 Å². The van der Waals surface area contributed by atoms with Gasteiger partial charge in [-0.05, 0) is 49.1 Å². The molecule has 0 aromatic heterocycles. The largest absolute Gasteiger partial charge is 0.399 e. The standard InChI is InChI=1S/C18H20N2O/c1-13-5-3-4-6-16(13)20(2)17(21)18(11-12-18)14-7-9-15(19)10-8-14/h3-10H,11-12,19H2,1-2H3. The molecule has 1 fully saturated rings. The number of hydrogen-bond acceptors (Lipinski definition) is 2. The molecular weight excluding hydrogens is 260 g/mol. The quantitative estimate of drug-likeness (QED) is 0.877. The number of para-hydroxylation sites is 1. The zero-order valence-corrected chi connectivity index (χ0v) is 12.5. The molecule has 0 aliphatic heterocycles. The molecule has 2 N–H and O–H groups in total. The SMILES string of the molecule is Cc1ccccc1N(C)C(=O)C1(c2ccc(N)cc2)CC1. The van der Waals surface area contributed by atoms with E-state index in [0.29, 0.717) is 0 Å². The Morgan fingerprint density at radius 1 is 1.10 bits per heavy atom. The molecule has 2 aromatic carbocycles. The maximum absolute atomic E-state index is 13.0. The van der Waals surface area contributed by atoms with Crippen LogP contribution in [0.2, 0.25) is 0 Å². The Morgan fingerprint density at radius 3 is 2.29 bits per heavy atom. The number of nitrogens with two attached hydrogens (primary N) is 1. The second-order valence-electron chi connectivity index (χ2n) is 5.85. The van der Waals surface area contributed by atoms with Gasteiger partial charge in [-0.25, -0.2) is 0 Å². The van der Waals surface area contributed by atoms with Crippen LogP contribution in [0.25, 0.3) is 0 Å². The number of hydrogen-bond donors (Lipinski definition) is 1. The molecule has 0 saturated heterocycles. The summed E-state index contributed by atoms with van der Waals surface area (Å²) >= 11 is 0. The molecule has 1 aliphatic rings. The molecular formula is C18H20N2O. The lowest BCUT2D eigenvalue weighted by atomic mass is 9.94. The van der Waals surface area contributed by atoms with Gasteiger partial charge in [-0.2, -0.15) is 0 Å². The number of anilines is 2. The maximum Gasteiger partial charge on any atom is 0.237 e. The second-order valence-corrected chi connectivity index (χ2v) is 5.85. The van der Waals surface area contributed by atoms with Gasteiger partial charge in [0.05, 0.1) is 5.41 Å². The van der Waals surface area contributed by atoms with Gasteiger partial charge in [0.2, 0.25) is 5.91 Å². The van der Waals surface area contributed by atoms with E-state index in [1.807, 2.05) is 62.5 Å². The van der Waals surface area contributed by atoms with E-state index in [0.717, 1.165) is 35.3 Å². The van der Waals surface area contributed by atoms with E-state index in [1.165, 1.54) is 0 Å². The van der Waals surface area contributed by atoms with Crippen LogP contribution in [-0.4, -0.2) is 13.0 Å². The number of likely N-dealkylation sites (N-methyl/N-ethyl adjacent to an activating group) is 1. The lowest BCUT2D eigenvalue weighted by molar-refractivity contribution is -0.120. The van der Waals surface area contributed by atoms with Crippen LogP contribution in [0.1, 0.15) is 24.0 Å². The summed E-state index contributed by atoms with van der Waals surface area (Å²) < 4.78 is 0. The van der Waals surface area contributed by atoms with Crippen molar-refractivity contribution >= 4 is 17.3 Å². The highest BCUT2D eigenvalue weighted by Gasteiger charge is 2.52. The Morgan fingerprint density at radius 2 is 1.71 bits per heavy atom. The van der Waals surface area contributed by atoms with Crippen LogP contribution in [0.3, 0.4) is 0 Å². The number of rotatable bonds is 3. The lowest BCUT2D eigenvalue weighted by Gasteiger charge is -2.25. The van der Waals surface area contributed by atoms with Crippen molar-refractivity contribution in [2.75, 3.05) is 17.7 Å². The minimum atomic E-state index is -0.356. The maximum atomic E-state index is 13.0. The van der Waals surface area contributed by atoms with Gasteiger partial charge in [0, 0.05) is 18.4 Å². The van der Waals surface area contributed by atoms with E-state index >= 15 is 0 Å². The van der Waals surface area contributed by atoms with Crippen LogP contribution in [-0.2, 0) is 10.2 Å². The number of nitrogens with zero attached hydrogens (tertiary/aromatic N) is 1. The van der Waals surface area contributed by atoms with Gasteiger partial charge in [-0.1, -0.05) is 30.3 Å². The molecule has 0 spiro atoms. The number of amides is 1. The fourth-order valence-electron chi connectivity index (χ4n) is 2.92. The molecule has 0 heterocycles. The summed E-state index contributed by atoms with van der Waals surface area (Å²) in [5.74, 6) is 0.168. The molecule has 3 heteroatoms. The average molecular weight is 280 g/mol. The number of benzene rings is 2. The third-order valence-electron chi connectivity index (χ3n) is 4.40. The summed E-state index contributed by atoms with van der Waals surface area (Å²) in [5.41, 5.74) is 9.28. The highest BCUT2D eigenvalue weighted by molar-refractivity contribution is 6.03. The highest BCUT2D eigenvalue weighted by atomic mass is 16.2. The summed E-state index contributed by atoms with van der Waals surface area (Å²) in [4.78, 5) is 14.8. The Labute approximate surface area is 125 Å². The van der Waals surface area contributed by atoms with Crippen LogP contribution in [0.15, 0.2) is 48.5 Å². The molecule has 1 saturated carbocycles. The number of nitrogen functional groups attached to an aromatic ring is 1. The normalized spacial score (nSPS) is 15.5. The van der Waals surface area contributed by atoms with Gasteiger partial charge in [-0.15, -0.1) is 0 Å². The molecule has 108 valence electrons. The molecule has 0 bridgehead atoms. The molecule has 2 aromatic rings. The van der Waals surface area contributed by atoms with Crippen molar-refractivity contribution < 1.29 is 4.79 Å². The van der Waals surface area contributed by atoms with Crippen molar-refractivity contribution in [1.29, 1.82) is 0 Å². The smallest absolute Gasteiger partial charge is 0.237 e. The highest BCUT2D eigenvalue weighted by Crippen LogP contribution is 2.50. The average Bonchev–Trinajstić information content (AvgIpc) is 3.29. The number of aryl methyl sites for hydroxylation is 1. The Kier molecular flexibility index (Phi) is 3.20. The van der Waals surface area contributed by atoms with Crippen molar-refractivity contribution in [2.45, 2.75) is 25.2 Å². The minimum absolute atomic E-state index is 0.168. The van der Waals surface area contributed by atoms with Crippen LogP contribution >= 0.6 is 0 Å². The fraction of sp³-hybridized carbons (Fsp3) is 0.278. The topological polar surface area (TPSA) is 46.3 Å². The van der Waals surface area contributed by atoms with Gasteiger partial charge < -0.3 is 10.6 Å².